The van der Waals surface area contributed by atoms with Crippen molar-refractivity contribution in [2.45, 2.75) is 74.3 Å². The number of hydrogen-bond donors (Lipinski definition) is 0. The molecule has 2 aliphatic carbocycles. The smallest absolute Gasteiger partial charge is 0.0557 e. The number of hydrogen-bond acceptors (Lipinski definition) is 1. The number of allylic oxidation sites excluding steroid dienone is 11. The van der Waals surface area contributed by atoms with Gasteiger partial charge in [-0.1, -0.05) is 102 Å². The van der Waals surface area contributed by atoms with Gasteiger partial charge in [-0.05, 0) is 45.3 Å². The normalized spacial score (nSPS) is 21.3. The fourth-order valence-corrected chi connectivity index (χ4v) is 3.62. The van der Waals surface area contributed by atoms with Crippen molar-refractivity contribution in [2.75, 3.05) is 0 Å². The lowest BCUT2D eigenvalue weighted by Gasteiger charge is -2.40. The van der Waals surface area contributed by atoms with Crippen LogP contribution in [0.3, 0.4) is 0 Å². The van der Waals surface area contributed by atoms with E-state index in [4.69, 9.17) is 0 Å². The van der Waals surface area contributed by atoms with E-state index < -0.39 is 0 Å². The van der Waals surface area contributed by atoms with Crippen molar-refractivity contribution in [1.82, 2.24) is 4.90 Å². The van der Waals surface area contributed by atoms with Crippen molar-refractivity contribution in [2.24, 2.45) is 5.92 Å². The van der Waals surface area contributed by atoms with Gasteiger partial charge in [-0.25, -0.2) is 0 Å². The first kappa shape index (κ1) is 26.7. The van der Waals surface area contributed by atoms with Crippen LogP contribution in [0, 0.1) is 5.92 Å². The zero-order chi connectivity index (χ0) is 22.4. The second-order valence-electron chi connectivity index (χ2n) is 6.70. The summed E-state index contributed by atoms with van der Waals surface area (Å²) < 4.78 is 0. The molecule has 0 heterocycles. The zero-order valence-corrected chi connectivity index (χ0v) is 20.1. The highest BCUT2D eigenvalue weighted by molar-refractivity contribution is 5.52. The molecule has 0 unspecified atom stereocenters. The molecule has 0 saturated heterocycles. The summed E-state index contributed by atoms with van der Waals surface area (Å²) in [5.41, 5.74) is 6.32. The molecule has 2 aliphatic rings. The van der Waals surface area contributed by atoms with Crippen molar-refractivity contribution in [3.63, 3.8) is 0 Å². The minimum Gasteiger partial charge on any atom is -0.337 e. The molecular weight excluding hydrogens is 350 g/mol. The van der Waals surface area contributed by atoms with Gasteiger partial charge in [-0.3, -0.25) is 0 Å². The summed E-state index contributed by atoms with van der Waals surface area (Å²) in [5, 5.41) is 0. The molecule has 2 rings (SSSR count). The van der Waals surface area contributed by atoms with Gasteiger partial charge in [-0.2, -0.15) is 0 Å². The van der Waals surface area contributed by atoms with Crippen molar-refractivity contribution in [1.29, 1.82) is 0 Å². The molecule has 0 saturated carbocycles. The molecule has 0 aromatic heterocycles. The molecule has 0 amide bonds. The predicted molar refractivity (Wildman–Crippen MR) is 134 cm³/mol. The first-order valence-electron chi connectivity index (χ1n) is 11.2. The molecule has 1 nitrogen and oxygen atoms in total. The Labute approximate surface area is 181 Å². The number of nitrogens with zero attached hydrogens (tertiary/aromatic N) is 1. The maximum Gasteiger partial charge on any atom is 0.0557 e. The van der Waals surface area contributed by atoms with E-state index in [2.05, 4.69) is 88.3 Å². The second kappa shape index (κ2) is 14.7. The standard InChI is InChI=1S/C24H31N.2C2H6/c1-7-11-21(9-3)25(22-16-12-18(5)13-17-22)24-19(6)14-15-20(8-2)23(24)10-4;2*1-2/h7-13,15-16,19,22H,2,4,14,17H2,1,3,5-6H3;2*1-2H3/b11-7-,21-9+;;/t19-,22-;;/m1../s1. The van der Waals surface area contributed by atoms with Gasteiger partial charge in [0.2, 0.25) is 0 Å². The summed E-state index contributed by atoms with van der Waals surface area (Å²) in [5.74, 6) is 0.442. The maximum absolute atomic E-state index is 4.10. The summed E-state index contributed by atoms with van der Waals surface area (Å²) in [6, 6.07) is 0.322. The zero-order valence-electron chi connectivity index (χ0n) is 20.1. The molecule has 160 valence electrons. The van der Waals surface area contributed by atoms with Gasteiger partial charge >= 0.3 is 0 Å². The first-order valence-corrected chi connectivity index (χ1v) is 11.2. The summed E-state index contributed by atoms with van der Waals surface area (Å²) >= 11 is 0. The van der Waals surface area contributed by atoms with Gasteiger partial charge in [0.25, 0.3) is 0 Å². The van der Waals surface area contributed by atoms with Crippen LogP contribution in [0.25, 0.3) is 0 Å². The van der Waals surface area contributed by atoms with Crippen LogP contribution in [-0.2, 0) is 0 Å². The molecule has 0 N–H and O–H groups in total. The first-order chi connectivity index (χ1) is 14.1. The molecule has 0 bridgehead atoms. The topological polar surface area (TPSA) is 3.24 Å². The van der Waals surface area contributed by atoms with Crippen LogP contribution in [-0.4, -0.2) is 10.9 Å². The average Bonchev–Trinajstić information content (AvgIpc) is 2.77. The molecule has 1 heteroatoms. The van der Waals surface area contributed by atoms with Crippen LogP contribution in [0.2, 0.25) is 0 Å². The molecule has 0 spiro atoms. The molecular formula is C28H43N. The Morgan fingerprint density at radius 3 is 2.14 bits per heavy atom. The lowest BCUT2D eigenvalue weighted by molar-refractivity contribution is 0.325. The lowest BCUT2D eigenvalue weighted by atomic mass is 9.85. The maximum atomic E-state index is 4.10. The Morgan fingerprint density at radius 2 is 1.69 bits per heavy atom. The Bertz CT molecular complexity index is 707. The van der Waals surface area contributed by atoms with Crippen LogP contribution < -0.4 is 0 Å². The van der Waals surface area contributed by atoms with Crippen molar-refractivity contribution < 1.29 is 0 Å². The van der Waals surface area contributed by atoms with Crippen molar-refractivity contribution in [3.8, 4) is 0 Å². The van der Waals surface area contributed by atoms with Crippen LogP contribution >= 0.6 is 0 Å². The predicted octanol–water partition coefficient (Wildman–Crippen LogP) is 8.69. The van der Waals surface area contributed by atoms with Gasteiger partial charge in [0.05, 0.1) is 6.04 Å². The molecule has 0 radical (unpaired) electrons. The van der Waals surface area contributed by atoms with E-state index in [-0.39, 0.29) is 0 Å². The van der Waals surface area contributed by atoms with E-state index in [0.29, 0.717) is 12.0 Å². The highest BCUT2D eigenvalue weighted by Crippen LogP contribution is 2.38. The van der Waals surface area contributed by atoms with E-state index in [1.165, 1.54) is 28.1 Å². The summed E-state index contributed by atoms with van der Waals surface area (Å²) in [6.45, 7) is 24.8. The molecule has 29 heavy (non-hydrogen) atoms. The highest BCUT2D eigenvalue weighted by Gasteiger charge is 2.29. The van der Waals surface area contributed by atoms with Crippen LogP contribution in [0.4, 0.5) is 0 Å². The highest BCUT2D eigenvalue weighted by atomic mass is 15.2. The van der Waals surface area contributed by atoms with E-state index in [0.717, 1.165) is 12.8 Å². The van der Waals surface area contributed by atoms with Crippen molar-refractivity contribution in [3.05, 3.63) is 96.0 Å². The SMILES string of the molecule is C=CC1=CC[C@@H](C)C(N(C(/C=C\C)=C/C)[C@@H]2C=CC(C)=CC2)=C1C=C.CC.CC. The molecule has 0 aliphatic heterocycles. The summed E-state index contributed by atoms with van der Waals surface area (Å²) in [7, 11) is 0. The summed E-state index contributed by atoms with van der Waals surface area (Å²) in [4.78, 5) is 2.50. The number of rotatable bonds is 6. The molecule has 0 aromatic carbocycles. The van der Waals surface area contributed by atoms with Gasteiger partial charge in [0, 0.05) is 22.9 Å². The van der Waals surface area contributed by atoms with Gasteiger partial charge in [-0.15, -0.1) is 0 Å². The van der Waals surface area contributed by atoms with E-state index >= 15 is 0 Å². The Morgan fingerprint density at radius 1 is 1.03 bits per heavy atom. The van der Waals surface area contributed by atoms with E-state index in [9.17, 15) is 0 Å². The van der Waals surface area contributed by atoms with E-state index in [1.54, 1.807) is 0 Å². The van der Waals surface area contributed by atoms with Gasteiger partial charge in [0.15, 0.2) is 0 Å². The Balaban J connectivity index is 0.00000184. The lowest BCUT2D eigenvalue weighted by Crippen LogP contribution is -2.36. The van der Waals surface area contributed by atoms with Gasteiger partial charge < -0.3 is 4.90 Å². The van der Waals surface area contributed by atoms with Gasteiger partial charge in [0.1, 0.15) is 0 Å². The minimum atomic E-state index is 0.322. The third-order valence-electron chi connectivity index (χ3n) is 4.93. The Hall–Kier alpha value is -2.28. The largest absolute Gasteiger partial charge is 0.337 e. The molecule has 0 fully saturated rings. The summed E-state index contributed by atoms with van der Waals surface area (Å²) in [6.07, 6.45) is 21.7. The Kier molecular flexibility index (Phi) is 13.5. The van der Waals surface area contributed by atoms with Crippen LogP contribution in [0.15, 0.2) is 96.0 Å². The van der Waals surface area contributed by atoms with Crippen molar-refractivity contribution >= 4 is 0 Å². The monoisotopic (exact) mass is 393 g/mol. The van der Waals surface area contributed by atoms with Crippen LogP contribution in [0.1, 0.15) is 68.2 Å². The van der Waals surface area contributed by atoms with Crippen LogP contribution in [0.5, 0.6) is 0 Å². The third kappa shape index (κ3) is 6.92. The molecule has 2 atom stereocenters. The van der Waals surface area contributed by atoms with E-state index in [1.807, 2.05) is 39.8 Å². The minimum absolute atomic E-state index is 0.322. The average molecular weight is 394 g/mol. The quantitative estimate of drug-likeness (QED) is 0.408. The fourth-order valence-electron chi connectivity index (χ4n) is 3.62. The fraction of sp³-hybridized carbons (Fsp3) is 0.429. The third-order valence-corrected chi connectivity index (χ3v) is 4.93. The second-order valence-corrected chi connectivity index (χ2v) is 6.70. The molecule has 0 aromatic rings.